The molecular formula is C19H36N6O. The second kappa shape index (κ2) is 10.0. The fraction of sp³-hybridized carbons (Fsp3) is 0.842. The molecule has 0 aliphatic carbocycles. The number of amides is 1. The molecule has 2 heterocycles. The highest BCUT2D eigenvalue weighted by Gasteiger charge is 2.26. The summed E-state index contributed by atoms with van der Waals surface area (Å²) in [6, 6.07) is 0.347. The van der Waals surface area contributed by atoms with E-state index in [2.05, 4.69) is 48.2 Å². The molecule has 0 spiro atoms. The first-order chi connectivity index (χ1) is 12.5. The van der Waals surface area contributed by atoms with E-state index in [1.807, 2.05) is 16.5 Å². The molecule has 1 aliphatic rings. The molecule has 0 atom stereocenters. The minimum atomic E-state index is 0.0172. The molecule has 1 amide bonds. The third-order valence-corrected chi connectivity index (χ3v) is 5.24. The van der Waals surface area contributed by atoms with Crippen molar-refractivity contribution >= 4 is 5.91 Å². The first-order valence-corrected chi connectivity index (χ1v) is 10.1. The normalized spacial score (nSPS) is 15.8. The summed E-state index contributed by atoms with van der Waals surface area (Å²) in [6.07, 6.45) is 2.07. The number of hydrogen-bond donors (Lipinski definition) is 1. The maximum atomic E-state index is 13.2. The van der Waals surface area contributed by atoms with Crippen LogP contribution in [0.4, 0.5) is 0 Å². The molecule has 0 radical (unpaired) electrons. The summed E-state index contributed by atoms with van der Waals surface area (Å²) >= 11 is 0. The highest BCUT2D eigenvalue weighted by atomic mass is 16.2. The summed E-state index contributed by atoms with van der Waals surface area (Å²) < 4.78 is 1.96. The van der Waals surface area contributed by atoms with Crippen LogP contribution in [-0.2, 0) is 0 Å². The lowest BCUT2D eigenvalue weighted by atomic mass is 10.1. The molecule has 1 N–H and O–H groups in total. The van der Waals surface area contributed by atoms with Crippen LogP contribution < -0.4 is 5.32 Å². The van der Waals surface area contributed by atoms with Crippen molar-refractivity contribution in [2.75, 3.05) is 45.8 Å². The topological polar surface area (TPSA) is 66.3 Å². The average molecular weight is 365 g/mol. The molecule has 0 saturated carbocycles. The Labute approximate surface area is 158 Å². The predicted octanol–water partition coefficient (Wildman–Crippen LogP) is 1.95. The highest BCUT2D eigenvalue weighted by Crippen LogP contribution is 2.21. The fourth-order valence-electron chi connectivity index (χ4n) is 3.60. The van der Waals surface area contributed by atoms with Gasteiger partial charge in [0.1, 0.15) is 0 Å². The van der Waals surface area contributed by atoms with Crippen molar-refractivity contribution in [1.82, 2.24) is 30.1 Å². The highest BCUT2D eigenvalue weighted by molar-refractivity contribution is 5.93. The molecule has 148 valence electrons. The molecule has 1 aromatic rings. The van der Waals surface area contributed by atoms with Crippen molar-refractivity contribution in [2.24, 2.45) is 5.92 Å². The van der Waals surface area contributed by atoms with Crippen LogP contribution in [0.15, 0.2) is 0 Å². The molecule has 7 heteroatoms. The van der Waals surface area contributed by atoms with Gasteiger partial charge in [-0.1, -0.05) is 32.9 Å². The van der Waals surface area contributed by atoms with Gasteiger partial charge in [0.15, 0.2) is 5.69 Å². The molecule has 26 heavy (non-hydrogen) atoms. The van der Waals surface area contributed by atoms with Crippen molar-refractivity contribution < 1.29 is 4.79 Å². The number of carbonyl (C=O) groups excluding carboxylic acids is 1. The van der Waals surface area contributed by atoms with Gasteiger partial charge in [-0.3, -0.25) is 4.79 Å². The number of nitrogens with one attached hydrogen (secondary N) is 1. The second-order valence-electron chi connectivity index (χ2n) is 7.62. The van der Waals surface area contributed by atoms with E-state index in [-0.39, 0.29) is 5.91 Å². The first-order valence-electron chi connectivity index (χ1n) is 10.1. The predicted molar refractivity (Wildman–Crippen MR) is 104 cm³/mol. The average Bonchev–Trinajstić information content (AvgIpc) is 3.02. The van der Waals surface area contributed by atoms with Gasteiger partial charge >= 0.3 is 0 Å². The van der Waals surface area contributed by atoms with Crippen LogP contribution in [0.25, 0.3) is 0 Å². The van der Waals surface area contributed by atoms with Gasteiger partial charge in [-0.2, -0.15) is 0 Å². The maximum absolute atomic E-state index is 13.2. The van der Waals surface area contributed by atoms with Crippen molar-refractivity contribution in [3.8, 4) is 0 Å². The lowest BCUT2D eigenvalue weighted by Gasteiger charge is -2.27. The summed E-state index contributed by atoms with van der Waals surface area (Å²) in [5, 5.41) is 12.0. The standard InChI is InChI=1S/C19H36N6O/c1-6-23(7-2)12-13-24(14-15(3)4)19(26)18-16(5)25(22-21-18)17-8-10-20-11-9-17/h15,17,20H,6-14H2,1-5H3. The number of aromatic nitrogens is 3. The van der Waals surface area contributed by atoms with E-state index in [0.717, 1.165) is 64.3 Å². The molecule has 1 aromatic heterocycles. The first kappa shape index (κ1) is 20.8. The maximum Gasteiger partial charge on any atom is 0.276 e. The minimum absolute atomic E-state index is 0.0172. The van der Waals surface area contributed by atoms with E-state index in [4.69, 9.17) is 0 Å². The Hall–Kier alpha value is -1.47. The fourth-order valence-corrected chi connectivity index (χ4v) is 3.60. The van der Waals surface area contributed by atoms with E-state index in [9.17, 15) is 4.79 Å². The SMILES string of the molecule is CCN(CC)CCN(CC(C)C)C(=O)c1nnn(C2CCNCC2)c1C. The zero-order valence-corrected chi connectivity index (χ0v) is 17.2. The molecule has 7 nitrogen and oxygen atoms in total. The lowest BCUT2D eigenvalue weighted by molar-refractivity contribution is 0.0709. The van der Waals surface area contributed by atoms with Gasteiger partial charge in [0.2, 0.25) is 0 Å². The minimum Gasteiger partial charge on any atom is -0.336 e. The van der Waals surface area contributed by atoms with Gasteiger partial charge in [-0.15, -0.1) is 5.10 Å². The summed E-state index contributed by atoms with van der Waals surface area (Å²) in [7, 11) is 0. The zero-order valence-electron chi connectivity index (χ0n) is 17.2. The Balaban J connectivity index is 2.12. The Bertz CT molecular complexity index is 560. The largest absolute Gasteiger partial charge is 0.336 e. The van der Waals surface area contributed by atoms with Crippen LogP contribution in [0.5, 0.6) is 0 Å². The number of carbonyl (C=O) groups is 1. The van der Waals surface area contributed by atoms with E-state index in [1.54, 1.807) is 0 Å². The Morgan fingerprint density at radius 2 is 1.88 bits per heavy atom. The van der Waals surface area contributed by atoms with Crippen molar-refractivity contribution in [1.29, 1.82) is 0 Å². The van der Waals surface area contributed by atoms with E-state index >= 15 is 0 Å². The van der Waals surface area contributed by atoms with Gasteiger partial charge in [-0.25, -0.2) is 4.68 Å². The van der Waals surface area contributed by atoms with Gasteiger partial charge in [0.05, 0.1) is 11.7 Å². The Morgan fingerprint density at radius 3 is 2.46 bits per heavy atom. The number of hydrogen-bond acceptors (Lipinski definition) is 5. The van der Waals surface area contributed by atoms with Crippen molar-refractivity contribution in [3.05, 3.63) is 11.4 Å². The van der Waals surface area contributed by atoms with Crippen LogP contribution in [0, 0.1) is 12.8 Å². The molecule has 2 rings (SSSR count). The number of nitrogens with zero attached hydrogens (tertiary/aromatic N) is 5. The van der Waals surface area contributed by atoms with Crippen LogP contribution in [0.2, 0.25) is 0 Å². The zero-order chi connectivity index (χ0) is 19.1. The third kappa shape index (κ3) is 5.27. The quantitative estimate of drug-likeness (QED) is 0.725. The van der Waals surface area contributed by atoms with Gasteiger partial charge < -0.3 is 15.1 Å². The summed E-state index contributed by atoms with van der Waals surface area (Å²) in [4.78, 5) is 17.5. The molecule has 1 saturated heterocycles. The molecule has 0 aromatic carbocycles. The van der Waals surface area contributed by atoms with Gasteiger partial charge in [0, 0.05) is 19.6 Å². The van der Waals surface area contributed by atoms with Crippen LogP contribution in [0.1, 0.15) is 62.8 Å². The number of piperidine rings is 1. The van der Waals surface area contributed by atoms with E-state index in [0.29, 0.717) is 17.7 Å². The number of likely N-dealkylation sites (N-methyl/N-ethyl adjacent to an activating group) is 1. The van der Waals surface area contributed by atoms with Crippen LogP contribution in [0.3, 0.4) is 0 Å². The summed E-state index contributed by atoms with van der Waals surface area (Å²) in [6.45, 7) is 17.0. The number of rotatable bonds is 9. The third-order valence-electron chi connectivity index (χ3n) is 5.24. The van der Waals surface area contributed by atoms with Crippen molar-refractivity contribution in [3.63, 3.8) is 0 Å². The molecular weight excluding hydrogens is 328 g/mol. The Morgan fingerprint density at radius 1 is 1.23 bits per heavy atom. The lowest BCUT2D eigenvalue weighted by Crippen LogP contribution is -2.41. The Kier molecular flexibility index (Phi) is 8.03. The van der Waals surface area contributed by atoms with Crippen LogP contribution >= 0.6 is 0 Å². The molecule has 0 bridgehead atoms. The second-order valence-corrected chi connectivity index (χ2v) is 7.62. The summed E-state index contributed by atoms with van der Waals surface area (Å²) in [5.41, 5.74) is 1.42. The molecule has 1 fully saturated rings. The van der Waals surface area contributed by atoms with Crippen molar-refractivity contribution in [2.45, 2.75) is 53.5 Å². The molecule has 1 aliphatic heterocycles. The van der Waals surface area contributed by atoms with E-state index in [1.165, 1.54) is 0 Å². The smallest absolute Gasteiger partial charge is 0.276 e. The molecule has 0 unspecified atom stereocenters. The van der Waals surface area contributed by atoms with Gasteiger partial charge in [-0.05, 0) is 51.9 Å². The van der Waals surface area contributed by atoms with E-state index < -0.39 is 0 Å². The summed E-state index contributed by atoms with van der Waals surface area (Å²) in [5.74, 6) is 0.443. The van der Waals surface area contributed by atoms with Gasteiger partial charge in [0.25, 0.3) is 5.91 Å². The monoisotopic (exact) mass is 364 g/mol. The van der Waals surface area contributed by atoms with Crippen LogP contribution in [-0.4, -0.2) is 76.5 Å².